The van der Waals surface area contributed by atoms with Gasteiger partial charge in [0.25, 0.3) is 0 Å². The van der Waals surface area contributed by atoms with Crippen LogP contribution in [0.25, 0.3) is 11.4 Å². The maximum Gasteiger partial charge on any atom is 0.184 e. The molecule has 5 nitrogen and oxygen atoms in total. The Kier molecular flexibility index (Phi) is 4.37. The van der Waals surface area contributed by atoms with Crippen molar-refractivity contribution >= 4 is 5.69 Å². The quantitative estimate of drug-likeness (QED) is 0.849. The van der Waals surface area contributed by atoms with Crippen molar-refractivity contribution < 1.29 is 0 Å². The van der Waals surface area contributed by atoms with Gasteiger partial charge in [0.15, 0.2) is 5.82 Å². The average Bonchev–Trinajstić information content (AvgIpc) is 2.88. The summed E-state index contributed by atoms with van der Waals surface area (Å²) in [6.45, 7) is 8.60. The second-order valence-corrected chi connectivity index (χ2v) is 5.80. The summed E-state index contributed by atoms with van der Waals surface area (Å²) < 4.78 is 1.88. The van der Waals surface area contributed by atoms with Crippen molar-refractivity contribution in [3.63, 3.8) is 0 Å². The van der Waals surface area contributed by atoms with Crippen LogP contribution in [0.15, 0.2) is 18.2 Å². The first-order valence-electron chi connectivity index (χ1n) is 7.14. The molecule has 0 saturated carbocycles. The number of hydrogen-bond acceptors (Lipinski definition) is 4. The molecule has 0 spiro atoms. The molecular weight excluding hydrogens is 250 g/mol. The summed E-state index contributed by atoms with van der Waals surface area (Å²) in [6, 6.07) is 6.22. The molecule has 0 amide bonds. The first kappa shape index (κ1) is 14.5. The highest BCUT2D eigenvalue weighted by Crippen LogP contribution is 2.28. The summed E-state index contributed by atoms with van der Waals surface area (Å²) in [6.07, 6.45) is 2.21. The number of tetrazole rings is 1. The van der Waals surface area contributed by atoms with Gasteiger partial charge in [0.05, 0.1) is 6.04 Å². The molecule has 0 radical (unpaired) electrons. The van der Waals surface area contributed by atoms with Crippen LogP contribution < -0.4 is 5.73 Å². The summed E-state index contributed by atoms with van der Waals surface area (Å²) >= 11 is 0. The fraction of sp³-hybridized carbons (Fsp3) is 0.533. The molecule has 2 aromatic rings. The van der Waals surface area contributed by atoms with Gasteiger partial charge in [-0.3, -0.25) is 0 Å². The SMILES string of the molecule is Cc1cccc(-c2nnnn2C(C)CCC(C)C)c1N. The third-order valence-corrected chi connectivity index (χ3v) is 3.64. The van der Waals surface area contributed by atoms with Crippen LogP contribution >= 0.6 is 0 Å². The van der Waals surface area contributed by atoms with Crippen LogP contribution in [0.4, 0.5) is 5.69 Å². The normalized spacial score (nSPS) is 12.8. The Morgan fingerprint density at radius 2 is 1.95 bits per heavy atom. The highest BCUT2D eigenvalue weighted by molar-refractivity contribution is 5.73. The number of benzene rings is 1. The van der Waals surface area contributed by atoms with Gasteiger partial charge < -0.3 is 5.73 Å². The van der Waals surface area contributed by atoms with E-state index in [2.05, 4.69) is 36.3 Å². The molecule has 1 aromatic carbocycles. The Morgan fingerprint density at radius 3 is 2.65 bits per heavy atom. The third kappa shape index (κ3) is 2.98. The number of nitrogen functional groups attached to an aromatic ring is 1. The zero-order valence-electron chi connectivity index (χ0n) is 12.7. The average molecular weight is 273 g/mol. The summed E-state index contributed by atoms with van der Waals surface area (Å²) in [4.78, 5) is 0. The molecular formula is C15H23N5. The number of aromatic nitrogens is 4. The van der Waals surface area contributed by atoms with Gasteiger partial charge in [0, 0.05) is 11.3 Å². The molecule has 108 valence electrons. The van der Waals surface area contributed by atoms with E-state index < -0.39 is 0 Å². The predicted molar refractivity (Wildman–Crippen MR) is 81.2 cm³/mol. The van der Waals surface area contributed by atoms with Crippen LogP contribution in [0.1, 0.15) is 45.2 Å². The molecule has 20 heavy (non-hydrogen) atoms. The van der Waals surface area contributed by atoms with Crippen LogP contribution in [-0.4, -0.2) is 20.2 Å². The number of aryl methyl sites for hydroxylation is 1. The number of hydrogen-bond donors (Lipinski definition) is 1. The lowest BCUT2D eigenvalue weighted by Gasteiger charge is -2.15. The monoisotopic (exact) mass is 273 g/mol. The van der Waals surface area contributed by atoms with E-state index in [-0.39, 0.29) is 6.04 Å². The van der Waals surface area contributed by atoms with E-state index >= 15 is 0 Å². The standard InChI is InChI=1S/C15H23N5/c1-10(2)8-9-12(4)20-15(17-18-19-20)13-7-5-6-11(3)14(13)16/h5-7,10,12H,8-9,16H2,1-4H3. The number of nitrogens with two attached hydrogens (primary N) is 1. The molecule has 1 aromatic heterocycles. The molecule has 5 heteroatoms. The van der Waals surface area contributed by atoms with E-state index in [0.29, 0.717) is 5.92 Å². The molecule has 1 atom stereocenters. The summed E-state index contributed by atoms with van der Waals surface area (Å²) in [7, 11) is 0. The number of nitrogens with zero attached hydrogens (tertiary/aromatic N) is 4. The zero-order chi connectivity index (χ0) is 14.7. The van der Waals surface area contributed by atoms with Crippen molar-refractivity contribution in [3.05, 3.63) is 23.8 Å². The van der Waals surface area contributed by atoms with E-state index in [1.807, 2.05) is 29.8 Å². The highest BCUT2D eigenvalue weighted by Gasteiger charge is 2.17. The minimum atomic E-state index is 0.266. The van der Waals surface area contributed by atoms with Crippen LogP contribution in [0.2, 0.25) is 0 Å². The van der Waals surface area contributed by atoms with Crippen LogP contribution in [-0.2, 0) is 0 Å². The molecule has 0 aliphatic rings. The van der Waals surface area contributed by atoms with Crippen molar-refractivity contribution in [1.82, 2.24) is 20.2 Å². The highest BCUT2D eigenvalue weighted by atomic mass is 15.5. The molecule has 1 heterocycles. The number of anilines is 1. The Balaban J connectivity index is 2.30. The second-order valence-electron chi connectivity index (χ2n) is 5.80. The van der Waals surface area contributed by atoms with Crippen molar-refractivity contribution in [2.24, 2.45) is 5.92 Å². The smallest absolute Gasteiger partial charge is 0.184 e. The van der Waals surface area contributed by atoms with E-state index in [1.165, 1.54) is 0 Å². The minimum Gasteiger partial charge on any atom is -0.398 e. The van der Waals surface area contributed by atoms with Gasteiger partial charge in [-0.05, 0) is 54.7 Å². The lowest BCUT2D eigenvalue weighted by molar-refractivity contribution is 0.406. The summed E-state index contributed by atoms with van der Waals surface area (Å²) in [5.74, 6) is 1.43. The Labute approximate surface area is 120 Å². The summed E-state index contributed by atoms with van der Waals surface area (Å²) in [5, 5.41) is 12.1. The lowest BCUT2D eigenvalue weighted by atomic mass is 10.0. The minimum absolute atomic E-state index is 0.266. The Hall–Kier alpha value is -1.91. The maximum atomic E-state index is 6.16. The molecule has 0 bridgehead atoms. The van der Waals surface area contributed by atoms with Gasteiger partial charge in [-0.1, -0.05) is 26.0 Å². The van der Waals surface area contributed by atoms with Gasteiger partial charge in [-0.15, -0.1) is 5.10 Å². The van der Waals surface area contributed by atoms with Gasteiger partial charge in [-0.2, -0.15) is 0 Å². The first-order valence-corrected chi connectivity index (χ1v) is 7.14. The van der Waals surface area contributed by atoms with E-state index in [9.17, 15) is 0 Å². The van der Waals surface area contributed by atoms with Crippen molar-refractivity contribution in [2.75, 3.05) is 5.73 Å². The topological polar surface area (TPSA) is 69.6 Å². The van der Waals surface area contributed by atoms with Gasteiger partial charge in [0.1, 0.15) is 0 Å². The summed E-state index contributed by atoms with van der Waals surface area (Å²) in [5.41, 5.74) is 8.86. The fourth-order valence-electron chi connectivity index (χ4n) is 2.24. The molecule has 2 N–H and O–H groups in total. The molecule has 0 aliphatic heterocycles. The van der Waals surface area contributed by atoms with E-state index in [0.717, 1.165) is 35.5 Å². The molecule has 0 saturated heterocycles. The number of rotatable bonds is 5. The molecule has 0 fully saturated rings. The third-order valence-electron chi connectivity index (χ3n) is 3.64. The lowest BCUT2D eigenvalue weighted by Crippen LogP contribution is -2.11. The number of para-hydroxylation sites is 1. The fourth-order valence-corrected chi connectivity index (χ4v) is 2.24. The van der Waals surface area contributed by atoms with Crippen LogP contribution in [0, 0.1) is 12.8 Å². The van der Waals surface area contributed by atoms with Gasteiger partial charge in [0.2, 0.25) is 0 Å². The Morgan fingerprint density at radius 1 is 1.20 bits per heavy atom. The zero-order valence-corrected chi connectivity index (χ0v) is 12.7. The van der Waals surface area contributed by atoms with E-state index in [1.54, 1.807) is 0 Å². The maximum absolute atomic E-state index is 6.16. The van der Waals surface area contributed by atoms with Crippen LogP contribution in [0.5, 0.6) is 0 Å². The predicted octanol–water partition coefficient (Wildman–Crippen LogP) is 3.23. The first-order chi connectivity index (χ1) is 9.50. The largest absolute Gasteiger partial charge is 0.398 e. The van der Waals surface area contributed by atoms with Crippen molar-refractivity contribution in [3.8, 4) is 11.4 Å². The van der Waals surface area contributed by atoms with Gasteiger partial charge in [-0.25, -0.2) is 4.68 Å². The van der Waals surface area contributed by atoms with Gasteiger partial charge >= 0.3 is 0 Å². The van der Waals surface area contributed by atoms with Crippen molar-refractivity contribution in [1.29, 1.82) is 0 Å². The molecule has 0 aliphatic carbocycles. The molecule has 1 unspecified atom stereocenters. The van der Waals surface area contributed by atoms with E-state index in [4.69, 9.17) is 5.73 Å². The second kappa shape index (κ2) is 6.03. The molecule has 2 rings (SSSR count). The van der Waals surface area contributed by atoms with Crippen LogP contribution in [0.3, 0.4) is 0 Å². The Bertz CT molecular complexity index is 573. The van der Waals surface area contributed by atoms with Crippen molar-refractivity contribution in [2.45, 2.75) is 46.6 Å².